The van der Waals surface area contributed by atoms with Crippen molar-refractivity contribution in [2.24, 2.45) is 0 Å². The van der Waals surface area contributed by atoms with Gasteiger partial charge in [-0.3, -0.25) is 9.78 Å². The Balaban J connectivity index is 2.00. The molecular weight excluding hydrogens is 246 g/mol. The van der Waals surface area contributed by atoms with Crippen molar-refractivity contribution in [1.82, 2.24) is 10.3 Å². The van der Waals surface area contributed by atoms with E-state index < -0.39 is 0 Å². The third-order valence-corrected chi connectivity index (χ3v) is 4.29. The van der Waals surface area contributed by atoms with Gasteiger partial charge in [0.15, 0.2) is 0 Å². The lowest BCUT2D eigenvalue weighted by atomic mass is 10.1. The van der Waals surface area contributed by atoms with Crippen molar-refractivity contribution in [3.63, 3.8) is 0 Å². The van der Waals surface area contributed by atoms with Crippen LogP contribution >= 0.6 is 11.3 Å². The van der Waals surface area contributed by atoms with Gasteiger partial charge in [0.1, 0.15) is 11.2 Å². The first-order chi connectivity index (χ1) is 8.66. The van der Waals surface area contributed by atoms with Gasteiger partial charge in [-0.05, 0) is 31.5 Å². The van der Waals surface area contributed by atoms with E-state index in [1.54, 1.807) is 17.5 Å². The molecule has 1 unspecified atom stereocenters. The minimum Gasteiger partial charge on any atom is -0.351 e. The summed E-state index contributed by atoms with van der Waals surface area (Å²) >= 11 is 1.62. The summed E-state index contributed by atoms with van der Waals surface area (Å²) < 4.78 is 0. The van der Waals surface area contributed by atoms with E-state index in [9.17, 15) is 4.79 Å². The number of hydrogen-bond acceptors (Lipinski definition) is 4. The second kappa shape index (κ2) is 4.10. The fraction of sp³-hybridized carbons (Fsp3) is 0.231. The first-order valence-electron chi connectivity index (χ1n) is 5.75. The van der Waals surface area contributed by atoms with Gasteiger partial charge in [-0.15, -0.1) is 11.3 Å². The number of anilines is 1. The van der Waals surface area contributed by atoms with E-state index in [2.05, 4.69) is 15.6 Å². The average molecular weight is 259 g/mol. The molecule has 18 heavy (non-hydrogen) atoms. The highest BCUT2D eigenvalue weighted by atomic mass is 32.1. The van der Waals surface area contributed by atoms with Crippen LogP contribution in [0.5, 0.6) is 0 Å². The molecule has 1 atom stereocenters. The normalized spacial score (nSPS) is 17.9. The van der Waals surface area contributed by atoms with Crippen LogP contribution in [0.3, 0.4) is 0 Å². The van der Waals surface area contributed by atoms with Gasteiger partial charge < -0.3 is 10.6 Å². The van der Waals surface area contributed by atoms with Crippen molar-refractivity contribution in [2.45, 2.75) is 20.0 Å². The number of carbonyl (C=O) groups is 1. The number of hydrogen-bond donors (Lipinski definition) is 2. The number of nitrogens with one attached hydrogen (secondary N) is 2. The van der Waals surface area contributed by atoms with Crippen LogP contribution in [0.1, 0.15) is 32.7 Å². The van der Waals surface area contributed by atoms with Crippen molar-refractivity contribution in [3.8, 4) is 0 Å². The lowest BCUT2D eigenvalue weighted by Gasteiger charge is -2.25. The van der Waals surface area contributed by atoms with Gasteiger partial charge in [0.05, 0.1) is 11.3 Å². The molecule has 1 aliphatic rings. The lowest BCUT2D eigenvalue weighted by molar-refractivity contribution is 0.0935. The highest BCUT2D eigenvalue weighted by Crippen LogP contribution is 2.36. The number of aromatic nitrogens is 1. The standard InChI is InChI=1S/C13H13N3OS/c1-7-8(2)18-13-10(7)12(17)15-11(16-13)9-5-3-4-6-14-9/h3-6,11,16H,1-2H3,(H,15,17). The molecule has 0 radical (unpaired) electrons. The predicted molar refractivity (Wildman–Crippen MR) is 71.9 cm³/mol. The van der Waals surface area contributed by atoms with E-state index in [1.807, 2.05) is 32.0 Å². The zero-order valence-corrected chi connectivity index (χ0v) is 11.0. The average Bonchev–Trinajstić information content (AvgIpc) is 2.66. The van der Waals surface area contributed by atoms with Crippen LogP contribution in [0.25, 0.3) is 0 Å². The number of amides is 1. The molecule has 0 spiro atoms. The molecule has 2 aromatic rings. The Morgan fingerprint density at radius 1 is 1.28 bits per heavy atom. The van der Waals surface area contributed by atoms with Crippen LogP contribution < -0.4 is 10.6 Å². The van der Waals surface area contributed by atoms with E-state index in [0.29, 0.717) is 0 Å². The van der Waals surface area contributed by atoms with E-state index in [4.69, 9.17) is 0 Å². The molecule has 2 N–H and O–H groups in total. The molecule has 1 amide bonds. The lowest BCUT2D eigenvalue weighted by Crippen LogP contribution is -2.38. The minimum atomic E-state index is -0.247. The molecule has 0 fully saturated rings. The molecule has 0 saturated carbocycles. The van der Waals surface area contributed by atoms with E-state index >= 15 is 0 Å². The molecule has 3 rings (SSSR count). The minimum absolute atomic E-state index is 0.0266. The largest absolute Gasteiger partial charge is 0.351 e. The van der Waals surface area contributed by atoms with E-state index in [-0.39, 0.29) is 12.1 Å². The Bertz CT molecular complexity index is 606. The molecular formula is C13H13N3OS. The van der Waals surface area contributed by atoms with Gasteiger partial charge in [0.25, 0.3) is 5.91 Å². The smallest absolute Gasteiger partial charge is 0.256 e. The number of pyridine rings is 1. The maximum atomic E-state index is 12.1. The van der Waals surface area contributed by atoms with Crippen LogP contribution in [0.2, 0.25) is 0 Å². The van der Waals surface area contributed by atoms with Crippen LogP contribution in [-0.2, 0) is 0 Å². The summed E-state index contributed by atoms with van der Waals surface area (Å²) in [5.41, 5.74) is 2.64. The van der Waals surface area contributed by atoms with E-state index in [1.165, 1.54) is 4.88 Å². The number of carbonyl (C=O) groups excluding carboxylic acids is 1. The van der Waals surface area contributed by atoms with E-state index in [0.717, 1.165) is 21.8 Å². The summed E-state index contributed by atoms with van der Waals surface area (Å²) in [5.74, 6) is -0.0266. The van der Waals surface area contributed by atoms with Crippen molar-refractivity contribution < 1.29 is 4.79 Å². The molecule has 2 aromatic heterocycles. The Kier molecular flexibility index (Phi) is 2.56. The molecule has 4 nitrogen and oxygen atoms in total. The first-order valence-corrected chi connectivity index (χ1v) is 6.57. The molecule has 5 heteroatoms. The quantitative estimate of drug-likeness (QED) is 0.827. The molecule has 92 valence electrons. The monoisotopic (exact) mass is 259 g/mol. The van der Waals surface area contributed by atoms with Gasteiger partial charge in [-0.2, -0.15) is 0 Å². The Labute approximate surface area is 109 Å². The van der Waals surface area contributed by atoms with Crippen molar-refractivity contribution >= 4 is 22.2 Å². The number of rotatable bonds is 1. The van der Waals surface area contributed by atoms with Crippen molar-refractivity contribution in [2.75, 3.05) is 5.32 Å². The zero-order chi connectivity index (χ0) is 12.7. The second-order valence-corrected chi connectivity index (χ2v) is 5.52. The van der Waals surface area contributed by atoms with Crippen LogP contribution in [0.15, 0.2) is 24.4 Å². The molecule has 1 aliphatic heterocycles. The third kappa shape index (κ3) is 1.67. The van der Waals surface area contributed by atoms with Gasteiger partial charge >= 0.3 is 0 Å². The number of aryl methyl sites for hydroxylation is 1. The Morgan fingerprint density at radius 2 is 2.11 bits per heavy atom. The van der Waals surface area contributed by atoms with Crippen LogP contribution in [-0.4, -0.2) is 10.9 Å². The summed E-state index contributed by atoms with van der Waals surface area (Å²) in [6.45, 7) is 4.01. The van der Waals surface area contributed by atoms with Gasteiger partial charge in [0, 0.05) is 11.1 Å². The molecule has 0 bridgehead atoms. The number of nitrogens with zero attached hydrogens (tertiary/aromatic N) is 1. The molecule has 0 aromatic carbocycles. The summed E-state index contributed by atoms with van der Waals surface area (Å²) in [7, 11) is 0. The summed E-state index contributed by atoms with van der Waals surface area (Å²) in [6.07, 6.45) is 1.48. The highest BCUT2D eigenvalue weighted by Gasteiger charge is 2.29. The van der Waals surface area contributed by atoms with Gasteiger partial charge in [-0.1, -0.05) is 6.07 Å². The van der Waals surface area contributed by atoms with Crippen molar-refractivity contribution in [3.05, 3.63) is 46.1 Å². The molecule has 0 saturated heterocycles. The fourth-order valence-corrected chi connectivity index (χ4v) is 3.15. The van der Waals surface area contributed by atoms with Gasteiger partial charge in [-0.25, -0.2) is 0 Å². The second-order valence-electron chi connectivity index (χ2n) is 4.29. The maximum Gasteiger partial charge on any atom is 0.256 e. The molecule has 0 aliphatic carbocycles. The van der Waals surface area contributed by atoms with Crippen molar-refractivity contribution in [1.29, 1.82) is 0 Å². The predicted octanol–water partition coefficient (Wildman–Crippen LogP) is 2.61. The van der Waals surface area contributed by atoms with Crippen LogP contribution in [0.4, 0.5) is 5.00 Å². The number of thiophene rings is 1. The topological polar surface area (TPSA) is 54.0 Å². The van der Waals surface area contributed by atoms with Crippen LogP contribution in [0, 0.1) is 13.8 Å². The SMILES string of the molecule is Cc1sc2c(c1C)C(=O)NC(c1ccccn1)N2. The molecule has 3 heterocycles. The summed E-state index contributed by atoms with van der Waals surface area (Å²) in [6, 6.07) is 5.67. The third-order valence-electron chi connectivity index (χ3n) is 3.15. The zero-order valence-electron chi connectivity index (χ0n) is 10.2. The Morgan fingerprint density at radius 3 is 2.83 bits per heavy atom. The number of fused-ring (bicyclic) bond motifs is 1. The summed E-state index contributed by atoms with van der Waals surface area (Å²) in [5, 5.41) is 7.20. The highest BCUT2D eigenvalue weighted by molar-refractivity contribution is 7.16. The maximum absolute atomic E-state index is 12.1. The van der Waals surface area contributed by atoms with Gasteiger partial charge in [0.2, 0.25) is 0 Å². The fourth-order valence-electron chi connectivity index (χ4n) is 2.07. The Hall–Kier alpha value is -1.88. The summed E-state index contributed by atoms with van der Waals surface area (Å²) in [4.78, 5) is 17.6. The first kappa shape index (κ1) is 11.2.